The van der Waals surface area contributed by atoms with Crippen LogP contribution in [0.2, 0.25) is 0 Å². The van der Waals surface area contributed by atoms with E-state index < -0.39 is 5.97 Å². The lowest BCUT2D eigenvalue weighted by Crippen LogP contribution is -1.92. The van der Waals surface area contributed by atoms with Gasteiger partial charge in [0.05, 0.1) is 0 Å². The molecule has 4 nitrogen and oxygen atoms in total. The highest BCUT2D eigenvalue weighted by Gasteiger charge is 1.90. The van der Waals surface area contributed by atoms with Crippen LogP contribution in [0, 0.1) is 22.7 Å². The molecule has 0 aliphatic rings. The zero-order valence-corrected chi connectivity index (χ0v) is 6.66. The average molecular weight is 164 g/mol. The third kappa shape index (κ3) is 10.8. The second-order valence-electron chi connectivity index (χ2n) is 1.79. The van der Waals surface area contributed by atoms with Gasteiger partial charge >= 0.3 is 5.97 Å². The summed E-state index contributed by atoms with van der Waals surface area (Å²) in [6.45, 7) is 7.67. The van der Waals surface area contributed by atoms with Gasteiger partial charge in [0.25, 0.3) is 0 Å². The van der Waals surface area contributed by atoms with Crippen LogP contribution in [0.4, 0.5) is 0 Å². The molecule has 0 rings (SSSR count). The molecule has 0 bridgehead atoms. The van der Waals surface area contributed by atoms with Crippen LogP contribution in [0.5, 0.6) is 0 Å². The average Bonchev–Trinajstić information content (AvgIpc) is 2.04. The van der Waals surface area contributed by atoms with Crippen LogP contribution in [-0.4, -0.2) is 11.1 Å². The summed E-state index contributed by atoms with van der Waals surface area (Å²) >= 11 is 0. The van der Waals surface area contributed by atoms with Gasteiger partial charge < -0.3 is 5.11 Å². The van der Waals surface area contributed by atoms with E-state index >= 15 is 0 Å². The summed E-state index contributed by atoms with van der Waals surface area (Å²) < 4.78 is 0. The molecule has 0 amide bonds. The molecular formula is C8H8N2O2. The summed E-state index contributed by atoms with van der Waals surface area (Å²) in [5, 5.41) is 23.4. The molecule has 0 fully saturated rings. The Balaban J connectivity index is 0. The summed E-state index contributed by atoms with van der Waals surface area (Å²) in [5.74, 6) is -0.935. The summed E-state index contributed by atoms with van der Waals surface area (Å²) in [7, 11) is 0. The molecule has 0 unspecified atom stereocenters. The first kappa shape index (κ1) is 12.6. The van der Waals surface area contributed by atoms with Crippen molar-refractivity contribution in [2.24, 2.45) is 0 Å². The predicted molar refractivity (Wildman–Crippen MR) is 42.8 cm³/mol. The number of carboxylic acids is 1. The van der Waals surface area contributed by atoms with Gasteiger partial charge in [-0.15, -0.1) is 0 Å². The molecule has 0 aromatic heterocycles. The largest absolute Gasteiger partial charge is 0.478 e. The quantitative estimate of drug-likeness (QED) is 0.466. The summed E-state index contributed by atoms with van der Waals surface area (Å²) in [4.78, 5) is 9.60. The molecule has 0 heterocycles. The van der Waals surface area contributed by atoms with E-state index in [1.807, 2.05) is 0 Å². The van der Waals surface area contributed by atoms with Crippen molar-refractivity contribution in [1.29, 1.82) is 10.5 Å². The number of hydrogen-bond acceptors (Lipinski definition) is 3. The monoisotopic (exact) mass is 164 g/mol. The second kappa shape index (κ2) is 7.04. The Kier molecular flexibility index (Phi) is 7.39. The first-order chi connectivity index (χ1) is 5.45. The molecule has 0 aliphatic carbocycles. The van der Waals surface area contributed by atoms with E-state index in [4.69, 9.17) is 15.6 Å². The Morgan fingerprint density at radius 3 is 1.58 bits per heavy atom. The lowest BCUT2D eigenvalue weighted by atomic mass is 10.4. The number of nitriles is 2. The molecule has 12 heavy (non-hydrogen) atoms. The summed E-state index contributed by atoms with van der Waals surface area (Å²) in [6.07, 6.45) is 0. The van der Waals surface area contributed by atoms with Gasteiger partial charge in [0.2, 0.25) is 0 Å². The van der Waals surface area contributed by atoms with Crippen LogP contribution in [0.25, 0.3) is 0 Å². The van der Waals surface area contributed by atoms with Gasteiger partial charge in [-0.05, 0) is 6.92 Å². The molecule has 0 aromatic rings. The Morgan fingerprint density at radius 1 is 1.33 bits per heavy atom. The fourth-order valence-corrected chi connectivity index (χ4v) is 0.0250. The van der Waals surface area contributed by atoms with Crippen LogP contribution in [0.1, 0.15) is 6.92 Å². The molecule has 0 aliphatic heterocycles. The molecule has 4 heteroatoms. The Labute approximate surface area is 70.7 Å². The van der Waals surface area contributed by atoms with Crippen LogP contribution < -0.4 is 0 Å². The smallest absolute Gasteiger partial charge is 0.330 e. The normalized spacial score (nSPS) is 6.25. The van der Waals surface area contributed by atoms with Crippen molar-refractivity contribution in [3.8, 4) is 12.1 Å². The molecule has 62 valence electrons. The highest BCUT2D eigenvalue weighted by atomic mass is 16.4. The third-order valence-electron chi connectivity index (χ3n) is 0.635. The van der Waals surface area contributed by atoms with E-state index in [1.54, 1.807) is 12.1 Å². The van der Waals surface area contributed by atoms with Gasteiger partial charge in [0, 0.05) is 5.57 Å². The van der Waals surface area contributed by atoms with Crippen molar-refractivity contribution in [1.82, 2.24) is 0 Å². The third-order valence-corrected chi connectivity index (χ3v) is 0.635. The van der Waals surface area contributed by atoms with E-state index in [1.165, 1.54) is 6.92 Å². The Hall–Kier alpha value is -2.07. The van der Waals surface area contributed by atoms with E-state index in [2.05, 4.69) is 13.2 Å². The fourth-order valence-electron chi connectivity index (χ4n) is 0.0250. The number of allylic oxidation sites excluding steroid dienone is 1. The van der Waals surface area contributed by atoms with Gasteiger partial charge in [0.15, 0.2) is 0 Å². The minimum Gasteiger partial charge on any atom is -0.478 e. The number of hydrogen-bond donors (Lipinski definition) is 1. The molecule has 0 aromatic carbocycles. The topological polar surface area (TPSA) is 84.9 Å². The molecule has 0 spiro atoms. The second-order valence-corrected chi connectivity index (χ2v) is 1.79. The highest BCUT2D eigenvalue weighted by Crippen LogP contribution is 1.81. The van der Waals surface area contributed by atoms with E-state index in [0.717, 1.165) is 0 Å². The van der Waals surface area contributed by atoms with Crippen LogP contribution >= 0.6 is 0 Å². The molecule has 0 radical (unpaired) electrons. The lowest BCUT2D eigenvalue weighted by molar-refractivity contribution is -0.132. The molecular weight excluding hydrogens is 156 g/mol. The van der Waals surface area contributed by atoms with Gasteiger partial charge in [-0.3, -0.25) is 0 Å². The maximum absolute atomic E-state index is 9.60. The highest BCUT2D eigenvalue weighted by molar-refractivity contribution is 5.84. The maximum Gasteiger partial charge on any atom is 0.330 e. The first-order valence-electron chi connectivity index (χ1n) is 2.83. The first-order valence-corrected chi connectivity index (χ1v) is 2.83. The van der Waals surface area contributed by atoms with E-state index in [9.17, 15) is 4.79 Å². The molecule has 1 N–H and O–H groups in total. The Morgan fingerprint density at radius 2 is 1.58 bits per heavy atom. The van der Waals surface area contributed by atoms with Crippen molar-refractivity contribution in [3.05, 3.63) is 24.3 Å². The van der Waals surface area contributed by atoms with Gasteiger partial charge in [-0.2, -0.15) is 10.5 Å². The zero-order valence-electron chi connectivity index (χ0n) is 6.66. The standard InChI is InChI=1S/C4H2N2.C4H6O2/c1-4(2-5)3-6;1-3(2)4(5)6/h1H2;1H2,2H3,(H,5,6). The molecule has 0 saturated heterocycles. The predicted octanol–water partition coefficient (Wildman–Crippen LogP) is 1.24. The lowest BCUT2D eigenvalue weighted by Gasteiger charge is -1.79. The summed E-state index contributed by atoms with van der Waals surface area (Å²) in [5.41, 5.74) is 0.130. The maximum atomic E-state index is 9.60. The van der Waals surface area contributed by atoms with Crippen LogP contribution in [0.15, 0.2) is 24.3 Å². The SMILES string of the molecule is C=C(C#N)C#N.C=C(C)C(=O)O. The van der Waals surface area contributed by atoms with Crippen LogP contribution in [-0.2, 0) is 4.79 Å². The van der Waals surface area contributed by atoms with Crippen molar-refractivity contribution < 1.29 is 9.90 Å². The van der Waals surface area contributed by atoms with E-state index in [-0.39, 0.29) is 11.1 Å². The number of carboxylic acid groups (broad SMARTS) is 1. The van der Waals surface area contributed by atoms with Crippen molar-refractivity contribution in [2.45, 2.75) is 6.92 Å². The zero-order chi connectivity index (χ0) is 10.1. The summed E-state index contributed by atoms with van der Waals surface area (Å²) in [6, 6.07) is 3.12. The van der Waals surface area contributed by atoms with Crippen molar-refractivity contribution >= 4 is 5.97 Å². The molecule has 0 atom stereocenters. The van der Waals surface area contributed by atoms with Gasteiger partial charge in [-0.25, -0.2) is 4.79 Å². The number of nitrogens with zero attached hydrogens (tertiary/aromatic N) is 2. The van der Waals surface area contributed by atoms with Gasteiger partial charge in [-0.1, -0.05) is 13.2 Å². The number of carbonyl (C=O) groups is 1. The van der Waals surface area contributed by atoms with E-state index in [0.29, 0.717) is 0 Å². The van der Waals surface area contributed by atoms with Gasteiger partial charge in [0.1, 0.15) is 17.7 Å². The van der Waals surface area contributed by atoms with Crippen LogP contribution in [0.3, 0.4) is 0 Å². The Bertz CT molecular complexity index is 250. The minimum absolute atomic E-state index is 0.0463. The molecule has 0 saturated carbocycles. The minimum atomic E-state index is -0.935. The fraction of sp³-hybridized carbons (Fsp3) is 0.125. The number of aliphatic carboxylic acids is 1. The van der Waals surface area contributed by atoms with Crippen molar-refractivity contribution in [2.75, 3.05) is 0 Å². The number of rotatable bonds is 1. The van der Waals surface area contributed by atoms with Crippen molar-refractivity contribution in [3.63, 3.8) is 0 Å².